The minimum absolute atomic E-state index is 0.302. The van der Waals surface area contributed by atoms with Gasteiger partial charge >= 0.3 is 19.1 Å². The van der Waals surface area contributed by atoms with Crippen LogP contribution in [-0.4, -0.2) is 64.4 Å². The number of carbonyl (C=O) groups excluding carboxylic acids is 2. The highest BCUT2D eigenvalue weighted by molar-refractivity contribution is 14.1. The number of esters is 2. The smallest absolute Gasteiger partial charge is 0.465 e. The predicted octanol–water partition coefficient (Wildman–Crippen LogP) is 8.26. The molecule has 0 bridgehead atoms. The van der Waals surface area contributed by atoms with E-state index < -0.39 is 18.3 Å². The van der Waals surface area contributed by atoms with Crippen LogP contribution in [0.25, 0.3) is 11.3 Å². The third kappa shape index (κ3) is 8.66. The average Bonchev–Trinajstić information content (AvgIpc) is 4.01. The molecule has 3 heterocycles. The lowest BCUT2D eigenvalue weighted by atomic mass is 9.75. The SMILES string of the molecule is COC(=O)c1cc(-c2nc(C3CC3)[nH]c2C)c(C)cc1C.COC(=O)c1cc(B2OC(C)(C)C(C)(C)O2)c(C)cc1C.Cc1[nH]c(C2CC2)nc1I. The Bertz CT molecular complexity index is 1940. The zero-order chi connectivity index (χ0) is 38.3. The van der Waals surface area contributed by atoms with Crippen molar-refractivity contribution in [2.24, 2.45) is 0 Å². The molecule has 10 nitrogen and oxygen atoms in total. The molecule has 2 N–H and O–H groups in total. The number of hydrogen-bond acceptors (Lipinski definition) is 8. The maximum Gasteiger partial charge on any atom is 0.495 e. The van der Waals surface area contributed by atoms with E-state index in [1.807, 2.05) is 86.6 Å². The largest absolute Gasteiger partial charge is 0.495 e. The quantitative estimate of drug-likeness (QED) is 0.113. The lowest BCUT2D eigenvalue weighted by molar-refractivity contribution is 0.00578. The lowest BCUT2D eigenvalue weighted by Gasteiger charge is -2.32. The van der Waals surface area contributed by atoms with Gasteiger partial charge in [0.25, 0.3) is 0 Å². The van der Waals surface area contributed by atoms with Crippen LogP contribution in [0.4, 0.5) is 0 Å². The molecule has 0 unspecified atom stereocenters. The number of imidazole rings is 2. The number of benzene rings is 2. The first-order valence-corrected chi connectivity index (χ1v) is 19.0. The molecule has 12 heteroatoms. The van der Waals surface area contributed by atoms with Gasteiger partial charge in [0.1, 0.15) is 15.3 Å². The fourth-order valence-corrected chi connectivity index (χ4v) is 6.56. The van der Waals surface area contributed by atoms with E-state index in [2.05, 4.69) is 44.5 Å². The van der Waals surface area contributed by atoms with E-state index >= 15 is 0 Å². The Morgan fingerprint density at radius 2 is 1.17 bits per heavy atom. The van der Waals surface area contributed by atoms with Gasteiger partial charge in [0.2, 0.25) is 0 Å². The maximum absolute atomic E-state index is 11.9. The first-order chi connectivity index (χ1) is 24.4. The summed E-state index contributed by atoms with van der Waals surface area (Å²) in [6, 6.07) is 7.70. The number of aromatic amines is 2. The fraction of sp³-hybridized carbons (Fsp3) is 0.500. The van der Waals surface area contributed by atoms with E-state index in [1.165, 1.54) is 51.4 Å². The summed E-state index contributed by atoms with van der Waals surface area (Å²) in [4.78, 5) is 39.6. The van der Waals surface area contributed by atoms with Gasteiger partial charge in [-0.1, -0.05) is 17.7 Å². The number of aromatic nitrogens is 4. The number of halogens is 1. The van der Waals surface area contributed by atoms with Crippen LogP contribution in [0.5, 0.6) is 0 Å². The third-order valence-electron chi connectivity index (χ3n) is 10.4. The second-order valence-electron chi connectivity index (χ2n) is 15.3. The molecule has 3 fully saturated rings. The van der Waals surface area contributed by atoms with Crippen molar-refractivity contribution in [2.45, 2.75) is 118 Å². The normalized spacial score (nSPS) is 17.1. The Morgan fingerprint density at radius 1 is 0.712 bits per heavy atom. The van der Waals surface area contributed by atoms with Crippen molar-refractivity contribution >= 4 is 47.1 Å². The first kappa shape index (κ1) is 39.7. The molecule has 3 aliphatic rings. The molecule has 2 saturated carbocycles. The van der Waals surface area contributed by atoms with E-state index in [1.54, 1.807) is 0 Å². The molecule has 0 amide bonds. The van der Waals surface area contributed by atoms with E-state index in [0.29, 0.717) is 17.0 Å². The molecule has 4 aromatic rings. The summed E-state index contributed by atoms with van der Waals surface area (Å²) in [6.07, 6.45) is 5.07. The Labute approximate surface area is 321 Å². The molecular weight excluding hydrogens is 770 g/mol. The summed E-state index contributed by atoms with van der Waals surface area (Å²) in [6.45, 7) is 20.0. The van der Waals surface area contributed by atoms with Gasteiger partial charge in [-0.2, -0.15) is 0 Å². The molecule has 52 heavy (non-hydrogen) atoms. The van der Waals surface area contributed by atoms with Crippen molar-refractivity contribution < 1.29 is 28.4 Å². The molecule has 0 radical (unpaired) electrons. The summed E-state index contributed by atoms with van der Waals surface area (Å²) in [5.41, 5.74) is 9.42. The molecule has 2 aromatic heterocycles. The Hall–Kier alpha value is -3.49. The molecular formula is C40H52BIN4O6. The highest BCUT2D eigenvalue weighted by Crippen LogP contribution is 2.41. The Morgan fingerprint density at radius 3 is 1.63 bits per heavy atom. The van der Waals surface area contributed by atoms with Gasteiger partial charge in [0.15, 0.2) is 0 Å². The van der Waals surface area contributed by atoms with E-state index in [4.69, 9.17) is 23.8 Å². The highest BCUT2D eigenvalue weighted by Gasteiger charge is 2.52. The van der Waals surface area contributed by atoms with Gasteiger partial charge in [-0.15, -0.1) is 0 Å². The second kappa shape index (κ2) is 15.5. The molecule has 0 atom stereocenters. The number of aryl methyl sites for hydroxylation is 6. The number of methoxy groups -OCH3 is 2. The Balaban J connectivity index is 0.000000160. The van der Waals surface area contributed by atoms with Crippen LogP contribution in [0.1, 0.15) is 131 Å². The van der Waals surface area contributed by atoms with Crippen LogP contribution in [0.3, 0.4) is 0 Å². The zero-order valence-corrected chi connectivity index (χ0v) is 34.7. The van der Waals surface area contributed by atoms with Gasteiger partial charge in [0, 0.05) is 28.8 Å². The molecule has 1 aliphatic heterocycles. The van der Waals surface area contributed by atoms with Crippen molar-refractivity contribution in [3.05, 3.63) is 84.4 Å². The molecule has 7 rings (SSSR count). The first-order valence-electron chi connectivity index (χ1n) is 17.9. The average molecular weight is 823 g/mol. The standard InChI is InChI=1S/C17H20N2O2.C16H23BO4.C7H9IN2/c1-9-7-10(2)14(17(20)21-4)8-13(9)15-11(3)18-16(19-15)12-5-6-12;1-10-8-11(2)13(9-12(10)14(18)19-7)17-20-15(3,4)16(5,6)21-17;1-4-6(8)10-7(9-4)5-2-3-5/h7-8,12H,5-6H2,1-4H3,(H,18,19);8-9H,1-7H3;5H,2-3H2,1H3,(H,9,10). The number of ether oxygens (including phenoxy) is 2. The lowest BCUT2D eigenvalue weighted by Crippen LogP contribution is -2.41. The van der Waals surface area contributed by atoms with Crippen molar-refractivity contribution in [3.63, 3.8) is 0 Å². The van der Waals surface area contributed by atoms with Gasteiger partial charge in [-0.05, 0) is 152 Å². The molecule has 2 aromatic carbocycles. The number of H-pyrrole nitrogens is 2. The van der Waals surface area contributed by atoms with Crippen LogP contribution in [-0.2, 0) is 18.8 Å². The predicted molar refractivity (Wildman–Crippen MR) is 213 cm³/mol. The number of nitrogens with zero attached hydrogens (tertiary/aromatic N) is 2. The van der Waals surface area contributed by atoms with Crippen LogP contribution in [0, 0.1) is 45.2 Å². The summed E-state index contributed by atoms with van der Waals surface area (Å²) in [5.74, 6) is 2.96. The van der Waals surface area contributed by atoms with Gasteiger partial charge in [0.05, 0.1) is 42.2 Å². The zero-order valence-electron chi connectivity index (χ0n) is 32.6. The summed E-state index contributed by atoms with van der Waals surface area (Å²) >= 11 is 2.26. The van der Waals surface area contributed by atoms with Gasteiger partial charge in [-0.3, -0.25) is 0 Å². The van der Waals surface area contributed by atoms with Gasteiger partial charge < -0.3 is 28.8 Å². The van der Waals surface area contributed by atoms with E-state index in [0.717, 1.165) is 60.1 Å². The minimum atomic E-state index is -0.473. The number of carbonyl (C=O) groups is 2. The monoisotopic (exact) mass is 822 g/mol. The van der Waals surface area contributed by atoms with Crippen molar-refractivity contribution in [2.75, 3.05) is 14.2 Å². The minimum Gasteiger partial charge on any atom is -0.465 e. The van der Waals surface area contributed by atoms with Crippen molar-refractivity contribution in [1.82, 2.24) is 19.9 Å². The number of rotatable bonds is 6. The second-order valence-corrected chi connectivity index (χ2v) is 16.3. The van der Waals surface area contributed by atoms with Gasteiger partial charge in [-0.25, -0.2) is 19.6 Å². The summed E-state index contributed by atoms with van der Waals surface area (Å²) < 4.78 is 23.0. The fourth-order valence-electron chi connectivity index (χ4n) is 6.17. The Kier molecular flexibility index (Phi) is 11.8. The molecule has 278 valence electrons. The number of nitrogens with one attached hydrogen (secondary N) is 2. The van der Waals surface area contributed by atoms with Crippen molar-refractivity contribution in [1.29, 1.82) is 0 Å². The van der Waals surface area contributed by atoms with Crippen LogP contribution >= 0.6 is 22.6 Å². The van der Waals surface area contributed by atoms with Crippen molar-refractivity contribution in [3.8, 4) is 11.3 Å². The van der Waals surface area contributed by atoms with Crippen LogP contribution in [0.2, 0.25) is 0 Å². The summed E-state index contributed by atoms with van der Waals surface area (Å²) in [5, 5.41) is 0. The molecule has 1 saturated heterocycles. The topological polar surface area (TPSA) is 128 Å². The number of hydrogen-bond donors (Lipinski definition) is 2. The molecule has 2 aliphatic carbocycles. The highest BCUT2D eigenvalue weighted by atomic mass is 127. The van der Waals surface area contributed by atoms with E-state index in [9.17, 15) is 9.59 Å². The molecule has 0 spiro atoms. The van der Waals surface area contributed by atoms with E-state index in [-0.39, 0.29) is 11.9 Å². The van der Waals surface area contributed by atoms with Crippen LogP contribution in [0.15, 0.2) is 24.3 Å². The maximum atomic E-state index is 11.9. The third-order valence-corrected chi connectivity index (χ3v) is 11.5. The van der Waals surface area contributed by atoms with Crippen LogP contribution < -0.4 is 5.46 Å². The summed E-state index contributed by atoms with van der Waals surface area (Å²) in [7, 11) is 2.32.